The van der Waals surface area contributed by atoms with Crippen LogP contribution in [0.4, 0.5) is 0 Å². The Bertz CT molecular complexity index is 737. The minimum Gasteiger partial charge on any atom is -0.493 e. The van der Waals surface area contributed by atoms with Crippen molar-refractivity contribution in [3.05, 3.63) is 17.7 Å². The Kier molecular flexibility index (Phi) is 6.06. The summed E-state index contributed by atoms with van der Waals surface area (Å²) in [6, 6.07) is 3.01. The Hall–Kier alpha value is -2.77. The van der Waals surface area contributed by atoms with Crippen molar-refractivity contribution in [2.24, 2.45) is 17.8 Å². The smallest absolute Gasteiger partial charge is 0.269 e. The van der Waals surface area contributed by atoms with E-state index < -0.39 is 5.91 Å². The van der Waals surface area contributed by atoms with Crippen LogP contribution >= 0.6 is 0 Å². The van der Waals surface area contributed by atoms with Gasteiger partial charge in [-0.3, -0.25) is 25.2 Å². The number of fused-ring (bicyclic) bond motifs is 2. The van der Waals surface area contributed by atoms with Crippen LogP contribution in [0.15, 0.2) is 12.1 Å². The topological polar surface area (TPSA) is 103 Å². The Morgan fingerprint density at radius 1 is 0.929 bits per heavy atom. The average molecular weight is 390 g/mol. The van der Waals surface area contributed by atoms with E-state index in [1.807, 2.05) is 0 Å². The zero-order valence-electron chi connectivity index (χ0n) is 16.4. The number of ketones is 1. The molecule has 0 aromatic heterocycles. The first kappa shape index (κ1) is 20.0. The maximum absolute atomic E-state index is 12.5. The number of nitrogens with one attached hydrogen (secondary N) is 2. The highest BCUT2D eigenvalue weighted by atomic mass is 16.5. The number of ether oxygens (including phenoxy) is 3. The zero-order valence-corrected chi connectivity index (χ0v) is 16.4. The van der Waals surface area contributed by atoms with E-state index in [9.17, 15) is 14.4 Å². The van der Waals surface area contributed by atoms with E-state index in [0.717, 1.165) is 19.3 Å². The molecule has 0 spiro atoms. The van der Waals surface area contributed by atoms with Gasteiger partial charge in [0.2, 0.25) is 11.7 Å². The molecule has 2 fully saturated rings. The molecule has 2 bridgehead atoms. The standard InChI is InChI=1S/C20H26N2O6/c1-26-15-9-14(10-16(27-2)18(15)28-3)20(25)22-21-19(24)13-7-11-5-4-6-12(8-13)17(11)23/h9-13H,4-8H2,1-3H3,(H,21,24)(H,22,25). The minimum absolute atomic E-state index is 0.0194. The number of hydrogen-bond donors (Lipinski definition) is 2. The van der Waals surface area contributed by atoms with Gasteiger partial charge in [-0.05, 0) is 37.8 Å². The molecule has 8 heteroatoms. The van der Waals surface area contributed by atoms with Crippen LogP contribution < -0.4 is 25.1 Å². The second-order valence-corrected chi connectivity index (χ2v) is 7.25. The zero-order chi connectivity index (χ0) is 20.3. The van der Waals surface area contributed by atoms with Gasteiger partial charge in [-0.25, -0.2) is 0 Å². The van der Waals surface area contributed by atoms with E-state index >= 15 is 0 Å². The van der Waals surface area contributed by atoms with Gasteiger partial charge in [-0.1, -0.05) is 6.42 Å². The molecular weight excluding hydrogens is 364 g/mol. The van der Waals surface area contributed by atoms with Gasteiger partial charge in [0.15, 0.2) is 11.5 Å². The van der Waals surface area contributed by atoms with Crippen molar-refractivity contribution in [3.63, 3.8) is 0 Å². The molecular formula is C20H26N2O6. The molecule has 2 saturated carbocycles. The molecule has 2 amide bonds. The summed E-state index contributed by atoms with van der Waals surface area (Å²) in [4.78, 5) is 37.2. The van der Waals surface area contributed by atoms with Gasteiger partial charge in [-0.2, -0.15) is 0 Å². The molecule has 0 radical (unpaired) electrons. The Morgan fingerprint density at radius 3 is 2.00 bits per heavy atom. The lowest BCUT2D eigenvalue weighted by molar-refractivity contribution is -0.138. The molecule has 2 unspecified atom stereocenters. The molecule has 1 aromatic carbocycles. The van der Waals surface area contributed by atoms with Gasteiger partial charge in [0.1, 0.15) is 5.78 Å². The van der Waals surface area contributed by atoms with E-state index in [-0.39, 0.29) is 29.2 Å². The number of amides is 2. The van der Waals surface area contributed by atoms with Crippen LogP contribution in [0.3, 0.4) is 0 Å². The highest BCUT2D eigenvalue weighted by Gasteiger charge is 2.41. The highest BCUT2D eigenvalue weighted by Crippen LogP contribution is 2.40. The lowest BCUT2D eigenvalue weighted by Gasteiger charge is -2.36. The average Bonchev–Trinajstić information content (AvgIpc) is 2.70. The van der Waals surface area contributed by atoms with Crippen LogP contribution in [0.5, 0.6) is 17.2 Å². The number of benzene rings is 1. The lowest BCUT2D eigenvalue weighted by atomic mass is 9.67. The van der Waals surface area contributed by atoms with Crippen molar-refractivity contribution in [1.29, 1.82) is 0 Å². The summed E-state index contributed by atoms with van der Waals surface area (Å²) in [5, 5.41) is 0. The van der Waals surface area contributed by atoms with Crippen molar-refractivity contribution in [1.82, 2.24) is 10.9 Å². The first-order chi connectivity index (χ1) is 13.5. The summed E-state index contributed by atoms with van der Waals surface area (Å²) in [5.74, 6) is 0.316. The van der Waals surface area contributed by atoms with E-state index in [1.54, 1.807) is 0 Å². The summed E-state index contributed by atoms with van der Waals surface area (Å²) >= 11 is 0. The first-order valence-electron chi connectivity index (χ1n) is 9.42. The summed E-state index contributed by atoms with van der Waals surface area (Å²) < 4.78 is 15.7. The monoisotopic (exact) mass is 390 g/mol. The van der Waals surface area contributed by atoms with E-state index in [2.05, 4.69) is 10.9 Å². The van der Waals surface area contributed by atoms with E-state index in [4.69, 9.17) is 14.2 Å². The fourth-order valence-corrected chi connectivity index (χ4v) is 4.20. The van der Waals surface area contributed by atoms with Gasteiger partial charge in [0.05, 0.1) is 21.3 Å². The quantitative estimate of drug-likeness (QED) is 0.744. The number of hydrogen-bond acceptors (Lipinski definition) is 6. The van der Waals surface area contributed by atoms with Crippen molar-refractivity contribution < 1.29 is 28.6 Å². The Balaban J connectivity index is 1.64. The van der Waals surface area contributed by atoms with Crippen LogP contribution in [0.25, 0.3) is 0 Å². The Labute approximate surface area is 163 Å². The predicted octanol–water partition coefficient (Wildman–Crippen LogP) is 1.87. The van der Waals surface area contributed by atoms with Gasteiger partial charge >= 0.3 is 0 Å². The second-order valence-electron chi connectivity index (χ2n) is 7.25. The maximum atomic E-state index is 12.5. The largest absolute Gasteiger partial charge is 0.493 e. The Morgan fingerprint density at radius 2 is 1.50 bits per heavy atom. The van der Waals surface area contributed by atoms with Crippen LogP contribution in [-0.4, -0.2) is 38.9 Å². The lowest BCUT2D eigenvalue weighted by Crippen LogP contribution is -2.48. The maximum Gasteiger partial charge on any atom is 0.269 e. The summed E-state index contributed by atoms with van der Waals surface area (Å²) in [5.41, 5.74) is 5.19. The molecule has 1 aromatic rings. The second kappa shape index (κ2) is 8.50. The van der Waals surface area contributed by atoms with E-state index in [0.29, 0.717) is 35.9 Å². The van der Waals surface area contributed by atoms with Crippen LogP contribution in [0.1, 0.15) is 42.5 Å². The molecule has 152 valence electrons. The fraction of sp³-hybridized carbons (Fsp3) is 0.550. The number of hydrazine groups is 1. The van der Waals surface area contributed by atoms with Crippen LogP contribution in [-0.2, 0) is 9.59 Å². The fourth-order valence-electron chi connectivity index (χ4n) is 4.20. The van der Waals surface area contributed by atoms with E-state index in [1.165, 1.54) is 33.5 Å². The number of Topliss-reactive ketones (excluding diaryl/α,β-unsaturated/α-hetero) is 1. The highest BCUT2D eigenvalue weighted by molar-refractivity contribution is 5.97. The number of rotatable bonds is 5. The van der Waals surface area contributed by atoms with Crippen molar-refractivity contribution >= 4 is 17.6 Å². The number of carbonyl (C=O) groups is 3. The van der Waals surface area contributed by atoms with Crippen LogP contribution in [0, 0.1) is 17.8 Å². The third-order valence-corrected chi connectivity index (χ3v) is 5.64. The summed E-state index contributed by atoms with van der Waals surface area (Å²) in [7, 11) is 4.40. The normalized spacial score (nSPS) is 23.5. The molecule has 0 heterocycles. The molecule has 2 N–H and O–H groups in total. The van der Waals surface area contributed by atoms with Gasteiger partial charge in [-0.15, -0.1) is 0 Å². The minimum atomic E-state index is -0.500. The molecule has 2 atom stereocenters. The number of methoxy groups -OCH3 is 3. The summed E-state index contributed by atoms with van der Waals surface area (Å²) in [6.07, 6.45) is 3.88. The van der Waals surface area contributed by atoms with Gasteiger partial charge < -0.3 is 14.2 Å². The molecule has 2 aliphatic carbocycles. The molecule has 3 rings (SSSR count). The van der Waals surface area contributed by atoms with Crippen molar-refractivity contribution in [2.45, 2.75) is 32.1 Å². The molecule has 28 heavy (non-hydrogen) atoms. The van der Waals surface area contributed by atoms with Crippen molar-refractivity contribution in [2.75, 3.05) is 21.3 Å². The molecule has 8 nitrogen and oxygen atoms in total. The predicted molar refractivity (Wildman–Crippen MR) is 100 cm³/mol. The number of carbonyl (C=O) groups excluding carboxylic acids is 3. The molecule has 2 aliphatic rings. The molecule has 0 saturated heterocycles. The van der Waals surface area contributed by atoms with Crippen LogP contribution in [0.2, 0.25) is 0 Å². The van der Waals surface area contributed by atoms with Crippen molar-refractivity contribution in [3.8, 4) is 17.2 Å². The summed E-state index contributed by atoms with van der Waals surface area (Å²) in [6.45, 7) is 0. The third-order valence-electron chi connectivity index (χ3n) is 5.64. The van der Waals surface area contributed by atoms with Gasteiger partial charge in [0.25, 0.3) is 5.91 Å². The SMILES string of the molecule is COc1cc(C(=O)NNC(=O)C2CC3CCCC(C2)C3=O)cc(OC)c1OC. The van der Waals surface area contributed by atoms with Gasteiger partial charge in [0, 0.05) is 23.3 Å². The molecule has 0 aliphatic heterocycles. The third kappa shape index (κ3) is 3.90. The first-order valence-corrected chi connectivity index (χ1v) is 9.42.